The number of nitrogens with one attached hydrogen (secondary N) is 1. The van der Waals surface area contributed by atoms with E-state index in [0.29, 0.717) is 25.7 Å². The molecule has 17 heteroatoms. The molecule has 0 radical (unpaired) electrons. The molecule has 15 nitrogen and oxygen atoms in total. The van der Waals surface area contributed by atoms with Crippen molar-refractivity contribution >= 4 is 36.9 Å². The quantitative estimate of drug-likeness (QED) is 0.0144. The van der Waals surface area contributed by atoms with Crippen molar-refractivity contribution in [2.75, 3.05) is 12.3 Å². The molecule has 1 aliphatic rings. The van der Waals surface area contributed by atoms with E-state index in [1.54, 1.807) is 30.3 Å². The Labute approximate surface area is 433 Å². The highest BCUT2D eigenvalue weighted by molar-refractivity contribution is 7.52. The van der Waals surface area contributed by atoms with Crippen LogP contribution in [0.4, 0.5) is 15.0 Å². The number of terminal acetylenes is 1. The molecular weight excluding hydrogens is 951 g/mol. The first-order valence-electron chi connectivity index (χ1n) is 27.1. The molecule has 5 rings (SSSR count). The lowest BCUT2D eigenvalue weighted by molar-refractivity contribution is -0.152. The van der Waals surface area contributed by atoms with E-state index in [-0.39, 0.29) is 41.7 Å². The molecule has 2 aromatic heterocycles. The van der Waals surface area contributed by atoms with Gasteiger partial charge in [0.2, 0.25) is 0 Å². The number of benzene rings is 2. The van der Waals surface area contributed by atoms with E-state index in [2.05, 4.69) is 39.8 Å². The maximum Gasteiger partial charge on any atom is 0.508 e. The zero-order valence-electron chi connectivity index (χ0n) is 43.9. The third-order valence-corrected chi connectivity index (χ3v) is 15.1. The van der Waals surface area contributed by atoms with Crippen molar-refractivity contribution in [2.45, 2.75) is 218 Å². The summed E-state index contributed by atoms with van der Waals surface area (Å²) >= 11 is 0. The van der Waals surface area contributed by atoms with Crippen LogP contribution < -0.4 is 15.3 Å². The Kier molecular flexibility index (Phi) is 25.5. The molecule has 3 N–H and O–H groups in total. The van der Waals surface area contributed by atoms with Gasteiger partial charge in [-0.05, 0) is 62.6 Å². The highest BCUT2D eigenvalue weighted by Crippen LogP contribution is 2.49. The second kappa shape index (κ2) is 31.6. The van der Waals surface area contributed by atoms with Crippen LogP contribution in [0.3, 0.4) is 0 Å². The van der Waals surface area contributed by atoms with Gasteiger partial charge in [0, 0.05) is 6.42 Å². The molecule has 0 bridgehead atoms. The Morgan fingerprint density at radius 2 is 1.38 bits per heavy atom. The number of para-hydroxylation sites is 1. The number of anilines is 1. The van der Waals surface area contributed by atoms with E-state index < -0.39 is 62.6 Å². The van der Waals surface area contributed by atoms with E-state index in [1.165, 1.54) is 87.9 Å². The zero-order valence-corrected chi connectivity index (χ0v) is 44.8. The van der Waals surface area contributed by atoms with Crippen molar-refractivity contribution in [2.24, 2.45) is 0 Å². The minimum absolute atomic E-state index is 0.00183. The van der Waals surface area contributed by atoms with Crippen LogP contribution in [0.1, 0.15) is 187 Å². The molecule has 0 amide bonds. The van der Waals surface area contributed by atoms with Crippen molar-refractivity contribution < 1.29 is 46.5 Å². The highest BCUT2D eigenvalue weighted by atomic mass is 31.2. The van der Waals surface area contributed by atoms with Crippen molar-refractivity contribution in [1.82, 2.24) is 24.6 Å². The van der Waals surface area contributed by atoms with Crippen LogP contribution in [0.5, 0.6) is 5.75 Å². The van der Waals surface area contributed by atoms with E-state index in [1.807, 2.05) is 44.2 Å². The Hall–Kier alpha value is -5.07. The first-order valence-corrected chi connectivity index (χ1v) is 28.7. The molecule has 0 spiro atoms. The fraction of sp³-hybridized carbons (Fsp3) is 0.625. The second-order valence-corrected chi connectivity index (χ2v) is 21.0. The van der Waals surface area contributed by atoms with Gasteiger partial charge in [0.05, 0.1) is 6.33 Å². The minimum atomic E-state index is -4.66. The van der Waals surface area contributed by atoms with Gasteiger partial charge in [0.25, 0.3) is 0 Å². The maximum absolute atomic E-state index is 15.5. The summed E-state index contributed by atoms with van der Waals surface area (Å²) in [6, 6.07) is 16.5. The van der Waals surface area contributed by atoms with E-state index in [4.69, 9.17) is 40.2 Å². The van der Waals surface area contributed by atoms with Crippen molar-refractivity contribution in [3.63, 3.8) is 0 Å². The summed E-state index contributed by atoms with van der Waals surface area (Å²) in [5.41, 5.74) is 4.90. The molecule has 5 atom stereocenters. The predicted octanol–water partition coefficient (Wildman–Crippen LogP) is 13.7. The molecule has 0 unspecified atom stereocenters. The number of aromatic nitrogens is 4. The number of nitrogens with two attached hydrogens (primary N) is 1. The molecule has 73 heavy (non-hydrogen) atoms. The van der Waals surface area contributed by atoms with E-state index in [9.17, 15) is 14.0 Å². The predicted molar refractivity (Wildman–Crippen MR) is 283 cm³/mol. The highest BCUT2D eigenvalue weighted by Gasteiger charge is 2.54. The van der Waals surface area contributed by atoms with Gasteiger partial charge in [0.15, 0.2) is 28.7 Å². The first kappa shape index (κ1) is 58.8. The molecule has 4 aromatic rings. The molecule has 0 saturated carbocycles. The Bertz CT molecular complexity index is 2290. The van der Waals surface area contributed by atoms with Gasteiger partial charge in [-0.25, -0.2) is 14.3 Å². The SMILES string of the molecule is C#C[C@]1(CO[P@@](=O)(N[C@@H](Cc2ccccc2)C(=O)OC(CCCCCCCCCCC)CCCCCCCCCCC)Oc2ccccc2)O[C@@H](n2cnc3c(N)nc(F)nc32)C[C@@H]1OC(=O)OC(CC)CC. The third-order valence-electron chi connectivity index (χ3n) is 13.5. The van der Waals surface area contributed by atoms with Gasteiger partial charge in [0.1, 0.15) is 36.8 Å². The lowest BCUT2D eigenvalue weighted by Crippen LogP contribution is -2.46. The van der Waals surface area contributed by atoms with Crippen LogP contribution in [0, 0.1) is 18.4 Å². The second-order valence-electron chi connectivity index (χ2n) is 19.3. The maximum atomic E-state index is 15.5. The lowest BCUT2D eigenvalue weighted by atomic mass is 9.99. The Balaban J connectivity index is 1.41. The monoisotopic (exact) mass is 1030 g/mol. The number of imidazole rings is 1. The van der Waals surface area contributed by atoms with Gasteiger partial charge in [-0.15, -0.1) is 6.42 Å². The first-order chi connectivity index (χ1) is 35.4. The van der Waals surface area contributed by atoms with Crippen molar-refractivity contribution in [1.29, 1.82) is 0 Å². The molecule has 1 fully saturated rings. The smallest absolute Gasteiger partial charge is 0.461 e. The summed E-state index contributed by atoms with van der Waals surface area (Å²) in [5, 5.41) is 2.97. The summed E-state index contributed by atoms with van der Waals surface area (Å²) in [6.45, 7) is 7.52. The molecule has 402 valence electrons. The lowest BCUT2D eigenvalue weighted by Gasteiger charge is -2.31. The number of esters is 1. The fourth-order valence-corrected chi connectivity index (χ4v) is 10.7. The summed E-state index contributed by atoms with van der Waals surface area (Å²) in [7, 11) is -4.66. The molecule has 1 aliphatic heterocycles. The number of nitrogens with zero attached hydrogens (tertiary/aromatic N) is 4. The van der Waals surface area contributed by atoms with Crippen LogP contribution >= 0.6 is 7.75 Å². The van der Waals surface area contributed by atoms with Gasteiger partial charge < -0.3 is 29.2 Å². The molecule has 0 aliphatic carbocycles. The summed E-state index contributed by atoms with van der Waals surface area (Å²) in [5.74, 6) is 1.98. The Morgan fingerprint density at radius 3 is 1.95 bits per heavy atom. The third kappa shape index (κ3) is 19.3. The number of nitrogen functional groups attached to an aromatic ring is 1. The van der Waals surface area contributed by atoms with Crippen LogP contribution in [0.25, 0.3) is 11.2 Å². The van der Waals surface area contributed by atoms with Crippen LogP contribution in [0.15, 0.2) is 67.0 Å². The normalized spacial score (nSPS) is 17.9. The zero-order chi connectivity index (χ0) is 52.3. The Morgan fingerprint density at radius 1 is 0.822 bits per heavy atom. The van der Waals surface area contributed by atoms with Gasteiger partial charge in [-0.2, -0.15) is 19.4 Å². The largest absolute Gasteiger partial charge is 0.508 e. The fourth-order valence-electron chi connectivity index (χ4n) is 9.19. The number of halogens is 1. The number of ether oxygens (including phenoxy) is 4. The average Bonchev–Trinajstić information content (AvgIpc) is 3.98. The number of rotatable bonds is 36. The summed E-state index contributed by atoms with van der Waals surface area (Å²) < 4.78 is 68.5. The van der Waals surface area contributed by atoms with Crippen molar-refractivity contribution in [3.8, 4) is 18.1 Å². The molecular formula is C56H82FN6O9P. The van der Waals surface area contributed by atoms with E-state index in [0.717, 1.165) is 44.1 Å². The molecule has 2 aromatic carbocycles. The van der Waals surface area contributed by atoms with Crippen LogP contribution in [-0.4, -0.2) is 68.2 Å². The average molecular weight is 1030 g/mol. The number of hydrogen-bond acceptors (Lipinski definition) is 13. The number of fused-ring (bicyclic) bond motifs is 1. The molecule has 3 heterocycles. The number of unbranched alkanes of at least 4 members (excludes halogenated alkanes) is 16. The number of carbonyl (C=O) groups excluding carboxylic acids is 2. The van der Waals surface area contributed by atoms with Gasteiger partial charge >= 0.3 is 25.9 Å². The van der Waals surface area contributed by atoms with Gasteiger partial charge in [-0.1, -0.05) is 185 Å². The summed E-state index contributed by atoms with van der Waals surface area (Å²) in [4.78, 5) is 39.9. The minimum Gasteiger partial charge on any atom is -0.461 e. The van der Waals surface area contributed by atoms with Crippen LogP contribution in [-0.2, 0) is 39.3 Å². The standard InChI is InChI=1S/C56H82FN6O9P/c1-6-11-13-15-17-19-21-23-29-35-45(36-30-24-22-20-18-16-14-12-7-2)68-53(64)47(39-43-33-27-25-28-34-43)62-73(66,72-46-37-31-26-32-38-46)67-41-56(10-5)48(70-55(65)69-44(8-3)9-4)40-49(71-56)63-42-59-50-51(58)60-54(57)61-52(50)63/h5,25-28,31-34,37-38,42,44-45,47-49H,6-9,11-24,29-30,35-36,39-41H2,1-4H3,(H,62,66)(H2,58,60,61)/t47-,48-,49+,56+,73-/m0/s1. The van der Waals surface area contributed by atoms with Crippen molar-refractivity contribution in [3.05, 3.63) is 78.6 Å². The number of carbonyl (C=O) groups is 2. The van der Waals surface area contributed by atoms with Crippen LogP contribution in [0.2, 0.25) is 0 Å². The number of hydrogen-bond donors (Lipinski definition) is 2. The van der Waals surface area contributed by atoms with Gasteiger partial charge in [-0.3, -0.25) is 13.9 Å². The molecule has 1 saturated heterocycles. The topological polar surface area (TPSA) is 188 Å². The van der Waals surface area contributed by atoms with E-state index >= 15 is 4.57 Å². The summed E-state index contributed by atoms with van der Waals surface area (Å²) in [6.07, 6.45) is 26.0.